The van der Waals surface area contributed by atoms with Crippen molar-refractivity contribution < 1.29 is 0 Å². The Bertz CT molecular complexity index is 55.0. The van der Waals surface area contributed by atoms with E-state index in [4.69, 9.17) is 0 Å². The summed E-state index contributed by atoms with van der Waals surface area (Å²) in [6.45, 7) is 4.13. The molecular weight excluding hydrogens is 74.1 g/mol. The van der Waals surface area contributed by atoms with Gasteiger partial charge in [0.05, 0.1) is 0 Å². The Morgan fingerprint density at radius 2 is 2.17 bits per heavy atom. The lowest BCUT2D eigenvalue weighted by atomic mass is 10.3. The van der Waals surface area contributed by atoms with Crippen molar-refractivity contribution in [1.82, 2.24) is 0 Å². The third kappa shape index (κ3) is 1.94. The highest BCUT2D eigenvalue weighted by Gasteiger charge is 1.75. The van der Waals surface area contributed by atoms with Crippen molar-refractivity contribution in [3.8, 4) is 0 Å². The largest absolute Gasteiger partial charge is 0.298 e. The zero-order valence-electron chi connectivity index (χ0n) is 4.65. The molecule has 0 aliphatic heterocycles. The van der Waals surface area contributed by atoms with Crippen molar-refractivity contribution in [1.29, 1.82) is 0 Å². The molecule has 0 atom stereocenters. The highest BCUT2D eigenvalue weighted by Crippen LogP contribution is 1.78. The number of rotatable bonds is 1. The summed E-state index contributed by atoms with van der Waals surface area (Å²) in [5.41, 5.74) is 1.22. The maximum absolute atomic E-state index is 3.92. The molecule has 0 rings (SSSR count). The number of hydrogen-bond donors (Lipinski definition) is 0. The first-order valence-corrected chi connectivity index (χ1v) is 2.23. The van der Waals surface area contributed by atoms with Gasteiger partial charge in [0.25, 0.3) is 0 Å². The fraction of sp³-hybridized carbons (Fsp3) is 0.800. The molecule has 6 heavy (non-hydrogen) atoms. The minimum Gasteiger partial charge on any atom is -0.298 e. The molecule has 0 aromatic rings. The van der Waals surface area contributed by atoms with E-state index in [2.05, 4.69) is 11.9 Å². The molecule has 0 heterocycles. The smallest absolute Gasteiger partial charge is 0.0276 e. The predicted molar refractivity (Wildman–Crippen MR) is 29.3 cm³/mol. The van der Waals surface area contributed by atoms with Gasteiger partial charge in [-0.1, -0.05) is 6.92 Å². The van der Waals surface area contributed by atoms with Crippen LogP contribution in [0.2, 0.25) is 0 Å². The van der Waals surface area contributed by atoms with E-state index in [1.165, 1.54) is 5.71 Å². The molecule has 1 nitrogen and oxygen atoms in total. The molecule has 1 heteroatoms. The van der Waals surface area contributed by atoms with E-state index in [0.29, 0.717) is 0 Å². The Labute approximate surface area is 39.1 Å². The van der Waals surface area contributed by atoms with Crippen LogP contribution in [-0.2, 0) is 0 Å². The average Bonchev–Trinajstić information content (AvgIpc) is 1.65. The molecule has 0 fully saturated rings. The lowest BCUT2D eigenvalue weighted by Gasteiger charge is -1.84. The Hall–Kier alpha value is -0.330. The predicted octanol–water partition coefficient (Wildman–Crippen LogP) is 1.49. The Kier molecular flexibility index (Phi) is 2.73. The van der Waals surface area contributed by atoms with Crippen LogP contribution in [-0.4, -0.2) is 12.8 Å². The van der Waals surface area contributed by atoms with Crippen LogP contribution in [0.15, 0.2) is 4.99 Å². The zero-order chi connectivity index (χ0) is 4.99. The van der Waals surface area contributed by atoms with Crippen LogP contribution in [0.5, 0.6) is 0 Å². The minimum absolute atomic E-state index is 1.08. The summed E-state index contributed by atoms with van der Waals surface area (Å²) >= 11 is 0. The van der Waals surface area contributed by atoms with Crippen LogP contribution < -0.4 is 0 Å². The molecule has 0 bridgehead atoms. The van der Waals surface area contributed by atoms with Crippen LogP contribution >= 0.6 is 0 Å². The number of aliphatic imine (C=N–C) groups is 1. The molecule has 36 valence electrons. The molecule has 0 aromatic heterocycles. The summed E-state index contributed by atoms with van der Waals surface area (Å²) in [6, 6.07) is 0. The summed E-state index contributed by atoms with van der Waals surface area (Å²) in [5.74, 6) is 0. The second-order valence-corrected chi connectivity index (χ2v) is 1.31. The van der Waals surface area contributed by atoms with Gasteiger partial charge in [0.1, 0.15) is 0 Å². The standard InChI is InChI=1S/C5H11N/c1-4-5(2)6-3/h4H2,1-3H3. The first-order valence-electron chi connectivity index (χ1n) is 2.23. The summed E-state index contributed by atoms with van der Waals surface area (Å²) in [5, 5.41) is 0. The van der Waals surface area contributed by atoms with E-state index < -0.39 is 0 Å². The van der Waals surface area contributed by atoms with Crippen LogP contribution in [0.25, 0.3) is 0 Å². The third-order valence-corrected chi connectivity index (χ3v) is 0.893. The zero-order valence-corrected chi connectivity index (χ0v) is 4.65. The lowest BCUT2D eigenvalue weighted by molar-refractivity contribution is 1.23. The lowest BCUT2D eigenvalue weighted by Crippen LogP contribution is -1.83. The first kappa shape index (κ1) is 5.67. The molecule has 0 spiro atoms. The molecular formula is C5H11N. The van der Waals surface area contributed by atoms with Crippen molar-refractivity contribution in [3.63, 3.8) is 0 Å². The van der Waals surface area contributed by atoms with E-state index in [1.807, 2.05) is 14.0 Å². The summed E-state index contributed by atoms with van der Waals surface area (Å²) in [6.07, 6.45) is 1.08. The summed E-state index contributed by atoms with van der Waals surface area (Å²) in [7, 11) is 1.82. The van der Waals surface area contributed by atoms with Crippen LogP contribution in [0.4, 0.5) is 0 Å². The monoisotopic (exact) mass is 85.1 g/mol. The molecule has 0 aliphatic rings. The van der Waals surface area contributed by atoms with Crippen molar-refractivity contribution in [2.45, 2.75) is 20.3 Å². The van der Waals surface area contributed by atoms with Gasteiger partial charge in [-0.05, 0) is 13.3 Å². The van der Waals surface area contributed by atoms with Gasteiger partial charge >= 0.3 is 0 Å². The van der Waals surface area contributed by atoms with Gasteiger partial charge in [-0.25, -0.2) is 0 Å². The van der Waals surface area contributed by atoms with E-state index in [0.717, 1.165) is 6.42 Å². The molecule has 0 N–H and O–H groups in total. The van der Waals surface area contributed by atoms with E-state index in [1.54, 1.807) is 0 Å². The SMILES string of the molecule is CCC(C)=NC. The van der Waals surface area contributed by atoms with Crippen molar-refractivity contribution in [3.05, 3.63) is 0 Å². The molecule has 0 aliphatic carbocycles. The average molecular weight is 85.1 g/mol. The molecule has 0 aromatic carbocycles. The van der Waals surface area contributed by atoms with Gasteiger partial charge in [0.2, 0.25) is 0 Å². The van der Waals surface area contributed by atoms with E-state index >= 15 is 0 Å². The maximum Gasteiger partial charge on any atom is 0.0276 e. The van der Waals surface area contributed by atoms with Crippen LogP contribution in [0, 0.1) is 0 Å². The van der Waals surface area contributed by atoms with Crippen LogP contribution in [0.3, 0.4) is 0 Å². The highest BCUT2D eigenvalue weighted by atomic mass is 14.7. The van der Waals surface area contributed by atoms with Gasteiger partial charge in [-0.2, -0.15) is 0 Å². The highest BCUT2D eigenvalue weighted by molar-refractivity contribution is 5.81. The van der Waals surface area contributed by atoms with Crippen molar-refractivity contribution in [2.24, 2.45) is 4.99 Å². The maximum atomic E-state index is 3.92. The van der Waals surface area contributed by atoms with E-state index in [-0.39, 0.29) is 0 Å². The van der Waals surface area contributed by atoms with Gasteiger partial charge in [-0.15, -0.1) is 0 Å². The second-order valence-electron chi connectivity index (χ2n) is 1.31. The number of hydrogen-bond acceptors (Lipinski definition) is 1. The molecule has 0 unspecified atom stereocenters. The Morgan fingerprint density at radius 1 is 1.67 bits per heavy atom. The topological polar surface area (TPSA) is 12.4 Å². The van der Waals surface area contributed by atoms with Gasteiger partial charge in [0, 0.05) is 12.8 Å². The van der Waals surface area contributed by atoms with Gasteiger partial charge < -0.3 is 0 Å². The minimum atomic E-state index is 1.08. The Morgan fingerprint density at radius 3 is 2.17 bits per heavy atom. The second kappa shape index (κ2) is 2.88. The summed E-state index contributed by atoms with van der Waals surface area (Å²) in [4.78, 5) is 3.92. The normalized spacial score (nSPS) is 12.2. The molecule has 0 radical (unpaired) electrons. The van der Waals surface area contributed by atoms with Crippen LogP contribution in [0.1, 0.15) is 20.3 Å². The molecule has 0 amide bonds. The number of nitrogens with zero attached hydrogens (tertiary/aromatic N) is 1. The molecule has 0 saturated heterocycles. The first-order chi connectivity index (χ1) is 2.81. The van der Waals surface area contributed by atoms with Crippen molar-refractivity contribution >= 4 is 5.71 Å². The fourth-order valence-corrected chi connectivity index (χ4v) is 0.158. The van der Waals surface area contributed by atoms with Gasteiger partial charge in [0.15, 0.2) is 0 Å². The molecule has 0 saturated carbocycles. The van der Waals surface area contributed by atoms with Crippen molar-refractivity contribution in [2.75, 3.05) is 7.05 Å². The van der Waals surface area contributed by atoms with E-state index in [9.17, 15) is 0 Å². The third-order valence-electron chi connectivity index (χ3n) is 0.893. The summed E-state index contributed by atoms with van der Waals surface area (Å²) < 4.78 is 0. The fourth-order valence-electron chi connectivity index (χ4n) is 0.158. The Balaban J connectivity index is 3.22. The quantitative estimate of drug-likeness (QED) is 0.428. The van der Waals surface area contributed by atoms with Gasteiger partial charge in [-0.3, -0.25) is 4.99 Å².